The van der Waals surface area contributed by atoms with Gasteiger partial charge < -0.3 is 20.9 Å². The first-order valence-electron chi connectivity index (χ1n) is 6.81. The fourth-order valence-electron chi connectivity index (χ4n) is 2.45. The molecule has 0 saturated heterocycles. The maximum absolute atomic E-state index is 12.0. The van der Waals surface area contributed by atoms with Gasteiger partial charge in [0.1, 0.15) is 0 Å². The topological polar surface area (TPSA) is 84.6 Å². The van der Waals surface area contributed by atoms with Crippen LogP contribution in [0.5, 0.6) is 0 Å². The lowest BCUT2D eigenvalue weighted by molar-refractivity contribution is -0.127. The molecule has 1 saturated carbocycles. The summed E-state index contributed by atoms with van der Waals surface area (Å²) in [7, 11) is 1.62. The van der Waals surface area contributed by atoms with Crippen LogP contribution in [-0.2, 0) is 9.53 Å². The molecule has 0 aromatic rings. The Balaban J connectivity index is 2.31. The van der Waals surface area contributed by atoms with Crippen LogP contribution in [0.4, 0.5) is 0 Å². The second-order valence-electron chi connectivity index (χ2n) is 5.12. The SMILES string of the molecule is COCCC(CO)NC(=O)C1CCC(CN)CC1. The molecule has 1 amide bonds. The Morgan fingerprint density at radius 2 is 2.11 bits per heavy atom. The van der Waals surface area contributed by atoms with Crippen molar-refractivity contribution >= 4 is 5.91 Å². The summed E-state index contributed by atoms with van der Waals surface area (Å²) in [6.07, 6.45) is 4.55. The van der Waals surface area contributed by atoms with Gasteiger partial charge in [-0.25, -0.2) is 0 Å². The van der Waals surface area contributed by atoms with Crippen LogP contribution in [0.3, 0.4) is 0 Å². The first kappa shape index (κ1) is 15.4. The average molecular weight is 258 g/mol. The fourth-order valence-corrected chi connectivity index (χ4v) is 2.45. The minimum Gasteiger partial charge on any atom is -0.394 e. The van der Waals surface area contributed by atoms with Crippen molar-refractivity contribution in [1.82, 2.24) is 5.32 Å². The molecule has 1 fully saturated rings. The molecule has 1 aliphatic carbocycles. The number of carbonyl (C=O) groups is 1. The van der Waals surface area contributed by atoms with Crippen LogP contribution in [0.15, 0.2) is 0 Å². The Morgan fingerprint density at radius 3 is 2.61 bits per heavy atom. The normalized spacial score (nSPS) is 25.7. The van der Waals surface area contributed by atoms with Crippen molar-refractivity contribution in [2.24, 2.45) is 17.6 Å². The highest BCUT2D eigenvalue weighted by molar-refractivity contribution is 5.79. The highest BCUT2D eigenvalue weighted by Crippen LogP contribution is 2.28. The van der Waals surface area contributed by atoms with Gasteiger partial charge in [0.15, 0.2) is 0 Å². The quantitative estimate of drug-likeness (QED) is 0.612. The van der Waals surface area contributed by atoms with Gasteiger partial charge in [-0.3, -0.25) is 4.79 Å². The van der Waals surface area contributed by atoms with Crippen LogP contribution in [0.1, 0.15) is 32.1 Å². The molecule has 18 heavy (non-hydrogen) atoms. The van der Waals surface area contributed by atoms with Crippen molar-refractivity contribution in [3.8, 4) is 0 Å². The largest absolute Gasteiger partial charge is 0.394 e. The van der Waals surface area contributed by atoms with E-state index in [1.165, 1.54) is 0 Å². The molecule has 0 bridgehead atoms. The van der Waals surface area contributed by atoms with E-state index < -0.39 is 0 Å². The molecule has 1 unspecified atom stereocenters. The highest BCUT2D eigenvalue weighted by atomic mass is 16.5. The number of aliphatic hydroxyl groups excluding tert-OH is 1. The molecule has 1 rings (SSSR count). The molecule has 0 aromatic heterocycles. The van der Waals surface area contributed by atoms with E-state index in [1.54, 1.807) is 7.11 Å². The Hall–Kier alpha value is -0.650. The lowest BCUT2D eigenvalue weighted by Crippen LogP contribution is -2.42. The number of rotatable bonds is 7. The highest BCUT2D eigenvalue weighted by Gasteiger charge is 2.26. The van der Waals surface area contributed by atoms with Gasteiger partial charge in [0.25, 0.3) is 0 Å². The zero-order valence-electron chi connectivity index (χ0n) is 11.2. The van der Waals surface area contributed by atoms with Gasteiger partial charge in [0, 0.05) is 19.6 Å². The zero-order valence-corrected chi connectivity index (χ0v) is 11.2. The van der Waals surface area contributed by atoms with Crippen LogP contribution in [0.25, 0.3) is 0 Å². The smallest absolute Gasteiger partial charge is 0.223 e. The van der Waals surface area contributed by atoms with E-state index in [9.17, 15) is 9.90 Å². The van der Waals surface area contributed by atoms with Crippen LogP contribution in [-0.4, -0.2) is 43.9 Å². The standard InChI is InChI=1S/C13H26N2O3/c1-18-7-6-12(9-16)15-13(17)11-4-2-10(8-14)3-5-11/h10-12,16H,2-9,14H2,1H3,(H,15,17). The number of hydrogen-bond acceptors (Lipinski definition) is 4. The number of aliphatic hydroxyl groups is 1. The van der Waals surface area contributed by atoms with E-state index in [0.29, 0.717) is 18.9 Å². The van der Waals surface area contributed by atoms with Gasteiger partial charge in [0.05, 0.1) is 12.6 Å². The molecule has 4 N–H and O–H groups in total. The molecule has 106 valence electrons. The number of amides is 1. The number of carbonyl (C=O) groups excluding carboxylic acids is 1. The minimum atomic E-state index is -0.190. The van der Waals surface area contributed by atoms with Gasteiger partial charge in [0.2, 0.25) is 5.91 Å². The Morgan fingerprint density at radius 1 is 1.44 bits per heavy atom. The monoisotopic (exact) mass is 258 g/mol. The molecule has 0 spiro atoms. The van der Waals surface area contributed by atoms with Gasteiger partial charge in [-0.1, -0.05) is 0 Å². The maximum Gasteiger partial charge on any atom is 0.223 e. The molecule has 0 aromatic carbocycles. The number of nitrogens with one attached hydrogen (secondary N) is 1. The number of methoxy groups -OCH3 is 1. The lowest BCUT2D eigenvalue weighted by Gasteiger charge is -2.28. The van der Waals surface area contributed by atoms with E-state index in [2.05, 4.69) is 5.32 Å². The van der Waals surface area contributed by atoms with Gasteiger partial charge in [-0.05, 0) is 44.6 Å². The number of hydrogen-bond donors (Lipinski definition) is 3. The minimum absolute atomic E-state index is 0.0345. The van der Waals surface area contributed by atoms with Crippen molar-refractivity contribution in [3.63, 3.8) is 0 Å². The predicted molar refractivity (Wildman–Crippen MR) is 70.0 cm³/mol. The third-order valence-electron chi connectivity index (χ3n) is 3.79. The van der Waals surface area contributed by atoms with Crippen LogP contribution in [0.2, 0.25) is 0 Å². The first-order valence-corrected chi connectivity index (χ1v) is 6.81. The molecule has 5 heteroatoms. The van der Waals surface area contributed by atoms with Crippen molar-refractivity contribution in [2.75, 3.05) is 26.9 Å². The molecular formula is C13H26N2O3. The molecule has 0 radical (unpaired) electrons. The zero-order chi connectivity index (χ0) is 13.4. The second kappa shape index (κ2) is 8.45. The third kappa shape index (κ3) is 4.92. The van der Waals surface area contributed by atoms with Crippen molar-refractivity contribution in [2.45, 2.75) is 38.1 Å². The summed E-state index contributed by atoms with van der Waals surface area (Å²) in [6.45, 7) is 1.24. The van der Waals surface area contributed by atoms with E-state index in [1.807, 2.05) is 0 Å². The Kier molecular flexibility index (Phi) is 7.23. The average Bonchev–Trinajstić information content (AvgIpc) is 2.43. The summed E-state index contributed by atoms with van der Waals surface area (Å²) in [5.41, 5.74) is 5.63. The summed E-state index contributed by atoms with van der Waals surface area (Å²) >= 11 is 0. The van der Waals surface area contributed by atoms with Gasteiger partial charge in [-0.15, -0.1) is 0 Å². The van der Waals surface area contributed by atoms with Gasteiger partial charge >= 0.3 is 0 Å². The van der Waals surface area contributed by atoms with Crippen molar-refractivity contribution in [1.29, 1.82) is 0 Å². The summed E-state index contributed by atoms with van der Waals surface area (Å²) in [4.78, 5) is 12.0. The number of ether oxygens (including phenoxy) is 1. The Labute approximate surface area is 109 Å². The summed E-state index contributed by atoms with van der Waals surface area (Å²) in [5.74, 6) is 0.737. The summed E-state index contributed by atoms with van der Waals surface area (Å²) in [5, 5.41) is 12.1. The van der Waals surface area contributed by atoms with E-state index >= 15 is 0 Å². The van der Waals surface area contributed by atoms with Crippen LogP contribution >= 0.6 is 0 Å². The van der Waals surface area contributed by atoms with Crippen LogP contribution in [0, 0.1) is 11.8 Å². The van der Waals surface area contributed by atoms with Crippen LogP contribution < -0.4 is 11.1 Å². The summed E-state index contributed by atoms with van der Waals surface area (Å²) < 4.78 is 4.95. The first-order chi connectivity index (χ1) is 8.71. The second-order valence-corrected chi connectivity index (χ2v) is 5.12. The molecule has 5 nitrogen and oxygen atoms in total. The van der Waals surface area contributed by atoms with Crippen molar-refractivity contribution in [3.05, 3.63) is 0 Å². The molecule has 0 aliphatic heterocycles. The molecule has 1 atom stereocenters. The number of nitrogens with two attached hydrogens (primary N) is 1. The van der Waals surface area contributed by atoms with E-state index in [0.717, 1.165) is 32.2 Å². The lowest BCUT2D eigenvalue weighted by atomic mass is 9.81. The Bertz CT molecular complexity index is 240. The maximum atomic E-state index is 12.0. The van der Waals surface area contributed by atoms with Crippen molar-refractivity contribution < 1.29 is 14.6 Å². The molecule has 0 heterocycles. The molecule has 1 aliphatic rings. The van der Waals surface area contributed by atoms with E-state index in [4.69, 9.17) is 10.5 Å². The fraction of sp³-hybridized carbons (Fsp3) is 0.923. The summed E-state index contributed by atoms with van der Waals surface area (Å²) in [6, 6.07) is -0.190. The van der Waals surface area contributed by atoms with E-state index in [-0.39, 0.29) is 24.5 Å². The third-order valence-corrected chi connectivity index (χ3v) is 3.79. The molecular weight excluding hydrogens is 232 g/mol. The van der Waals surface area contributed by atoms with Gasteiger partial charge in [-0.2, -0.15) is 0 Å². The predicted octanol–water partition coefficient (Wildman–Crippen LogP) is 0.265.